The predicted octanol–water partition coefficient (Wildman–Crippen LogP) is 3.01. The first-order chi connectivity index (χ1) is 12.0. The number of carbonyl (C=O) groups excluding carboxylic acids is 1. The van der Waals surface area contributed by atoms with Crippen LogP contribution in [0.1, 0.15) is 28.5 Å². The average Bonchev–Trinajstić information content (AvgIpc) is 2.93. The summed E-state index contributed by atoms with van der Waals surface area (Å²) in [4.78, 5) is 12.1. The highest BCUT2D eigenvalue weighted by molar-refractivity contribution is 5.92. The van der Waals surface area contributed by atoms with Gasteiger partial charge in [-0.1, -0.05) is 0 Å². The maximum atomic E-state index is 13.9. The summed E-state index contributed by atoms with van der Waals surface area (Å²) in [5.41, 5.74) is 0.377. The van der Waals surface area contributed by atoms with Crippen molar-refractivity contribution < 1.29 is 27.8 Å². The van der Waals surface area contributed by atoms with Gasteiger partial charge in [-0.2, -0.15) is 5.10 Å². The summed E-state index contributed by atoms with van der Waals surface area (Å²) in [6, 6.07) is 3.11. The summed E-state index contributed by atoms with van der Waals surface area (Å²) >= 11 is 0. The van der Waals surface area contributed by atoms with Gasteiger partial charge in [0.2, 0.25) is 5.88 Å². The number of rotatable bonds is 7. The number of esters is 1. The molecule has 0 saturated carbocycles. The second kappa shape index (κ2) is 8.27. The van der Waals surface area contributed by atoms with Gasteiger partial charge >= 0.3 is 5.97 Å². The van der Waals surface area contributed by atoms with E-state index in [-0.39, 0.29) is 30.3 Å². The molecule has 0 aliphatic carbocycles. The first-order valence-corrected chi connectivity index (χ1v) is 7.47. The number of halogens is 2. The third kappa shape index (κ3) is 4.14. The highest BCUT2D eigenvalue weighted by atomic mass is 19.1. The molecule has 0 aliphatic heterocycles. The van der Waals surface area contributed by atoms with Crippen molar-refractivity contribution in [2.24, 2.45) is 0 Å². The van der Waals surface area contributed by atoms with E-state index in [4.69, 9.17) is 14.2 Å². The Kier molecular flexibility index (Phi) is 6.10. The number of nitrogens with zero attached hydrogens (tertiary/aromatic N) is 2. The van der Waals surface area contributed by atoms with Crippen LogP contribution in [0.25, 0.3) is 6.08 Å². The van der Waals surface area contributed by atoms with E-state index in [2.05, 4.69) is 5.10 Å². The number of carbonyl (C=O) groups is 1. The van der Waals surface area contributed by atoms with Crippen molar-refractivity contribution in [2.45, 2.75) is 13.5 Å². The molecule has 8 heteroatoms. The number of methoxy groups -OCH3 is 2. The molecule has 1 heterocycles. The Morgan fingerprint density at radius 1 is 1.32 bits per heavy atom. The van der Waals surface area contributed by atoms with Crippen molar-refractivity contribution in [1.82, 2.24) is 9.78 Å². The van der Waals surface area contributed by atoms with Crippen molar-refractivity contribution in [3.05, 3.63) is 52.9 Å². The minimum Gasteiger partial charge on any atom is -0.504 e. The van der Waals surface area contributed by atoms with Gasteiger partial charge in [0.1, 0.15) is 11.6 Å². The van der Waals surface area contributed by atoms with Crippen LogP contribution in [0.2, 0.25) is 0 Å². The topological polar surface area (TPSA) is 62.6 Å². The van der Waals surface area contributed by atoms with E-state index in [9.17, 15) is 13.6 Å². The Bertz CT molecular complexity index is 787. The molecule has 2 rings (SSSR count). The standard InChI is InChI=1S/C17H18F2N2O4/c1-4-25-17(22)15-13(7-8-23-2)16(24-3)21(20-15)10-11-9-12(18)5-6-14(11)19/h5-9H,4,10H2,1-3H3/b8-7+. The summed E-state index contributed by atoms with van der Waals surface area (Å²) in [6.07, 6.45) is 2.83. The van der Waals surface area contributed by atoms with Crippen molar-refractivity contribution in [1.29, 1.82) is 0 Å². The number of hydrogen-bond acceptors (Lipinski definition) is 5. The average molecular weight is 352 g/mol. The van der Waals surface area contributed by atoms with Crippen molar-refractivity contribution >= 4 is 12.0 Å². The fourth-order valence-electron chi connectivity index (χ4n) is 2.25. The first kappa shape index (κ1) is 18.4. The van der Waals surface area contributed by atoms with E-state index in [0.717, 1.165) is 18.2 Å². The normalized spacial score (nSPS) is 10.9. The molecule has 2 aromatic rings. The van der Waals surface area contributed by atoms with Gasteiger partial charge < -0.3 is 14.2 Å². The van der Waals surface area contributed by atoms with E-state index in [0.29, 0.717) is 5.56 Å². The van der Waals surface area contributed by atoms with E-state index < -0.39 is 17.6 Å². The fourth-order valence-corrected chi connectivity index (χ4v) is 2.25. The first-order valence-electron chi connectivity index (χ1n) is 7.47. The number of ether oxygens (including phenoxy) is 3. The van der Waals surface area contributed by atoms with Crippen LogP contribution in [0.15, 0.2) is 24.5 Å². The van der Waals surface area contributed by atoms with Crippen molar-refractivity contribution in [2.75, 3.05) is 20.8 Å². The summed E-state index contributed by atoms with van der Waals surface area (Å²) in [5, 5.41) is 4.14. The maximum Gasteiger partial charge on any atom is 0.359 e. The highest BCUT2D eigenvalue weighted by Gasteiger charge is 2.24. The van der Waals surface area contributed by atoms with E-state index in [1.807, 2.05) is 0 Å². The molecule has 0 radical (unpaired) electrons. The molecule has 0 atom stereocenters. The molecule has 25 heavy (non-hydrogen) atoms. The van der Waals surface area contributed by atoms with Crippen LogP contribution < -0.4 is 4.74 Å². The zero-order chi connectivity index (χ0) is 18.4. The Hall–Kier alpha value is -2.90. The molecule has 1 aromatic heterocycles. The van der Waals surface area contributed by atoms with Gasteiger partial charge in [0.15, 0.2) is 5.69 Å². The summed E-state index contributed by atoms with van der Waals surface area (Å²) in [7, 11) is 2.83. The van der Waals surface area contributed by atoms with Crippen LogP contribution >= 0.6 is 0 Å². The SMILES string of the molecule is CCOC(=O)c1nn(Cc2cc(F)ccc2F)c(OC)c1/C=C/OC. The quantitative estimate of drug-likeness (QED) is 0.566. The third-order valence-electron chi connectivity index (χ3n) is 3.30. The van der Waals surface area contributed by atoms with E-state index >= 15 is 0 Å². The largest absolute Gasteiger partial charge is 0.504 e. The minimum atomic E-state index is -0.657. The molecule has 1 aromatic carbocycles. The van der Waals surface area contributed by atoms with Gasteiger partial charge in [-0.15, -0.1) is 0 Å². The molecule has 0 saturated heterocycles. The highest BCUT2D eigenvalue weighted by Crippen LogP contribution is 2.26. The van der Waals surface area contributed by atoms with Crippen LogP contribution in [0.5, 0.6) is 5.88 Å². The second-order valence-corrected chi connectivity index (χ2v) is 4.92. The summed E-state index contributed by atoms with van der Waals surface area (Å²) in [6.45, 7) is 1.71. The smallest absolute Gasteiger partial charge is 0.359 e. The van der Waals surface area contributed by atoms with Gasteiger partial charge in [0.25, 0.3) is 0 Å². The molecule has 134 valence electrons. The van der Waals surface area contributed by atoms with Gasteiger partial charge in [-0.05, 0) is 31.2 Å². The van der Waals surface area contributed by atoms with Crippen LogP contribution in [0.4, 0.5) is 8.78 Å². The minimum absolute atomic E-state index is 0.0104. The van der Waals surface area contributed by atoms with E-state index in [1.165, 1.54) is 31.2 Å². The second-order valence-electron chi connectivity index (χ2n) is 4.92. The Morgan fingerprint density at radius 2 is 2.08 bits per heavy atom. The number of hydrogen-bond donors (Lipinski definition) is 0. The molecule has 0 amide bonds. The molecular weight excluding hydrogens is 334 g/mol. The third-order valence-corrected chi connectivity index (χ3v) is 3.30. The fraction of sp³-hybridized carbons (Fsp3) is 0.294. The molecule has 0 N–H and O–H groups in total. The monoisotopic (exact) mass is 352 g/mol. The van der Waals surface area contributed by atoms with Gasteiger partial charge in [-0.25, -0.2) is 18.3 Å². The van der Waals surface area contributed by atoms with Crippen LogP contribution in [-0.4, -0.2) is 36.6 Å². The number of benzene rings is 1. The van der Waals surface area contributed by atoms with Gasteiger partial charge in [0.05, 0.1) is 39.2 Å². The number of aromatic nitrogens is 2. The maximum absolute atomic E-state index is 13.9. The Labute approximate surface area is 143 Å². The van der Waals surface area contributed by atoms with Gasteiger partial charge in [0, 0.05) is 5.56 Å². The zero-order valence-electron chi connectivity index (χ0n) is 14.1. The van der Waals surface area contributed by atoms with E-state index in [1.54, 1.807) is 6.92 Å². The Morgan fingerprint density at radius 3 is 2.72 bits per heavy atom. The Balaban J connectivity index is 2.51. The van der Waals surface area contributed by atoms with Crippen LogP contribution in [-0.2, 0) is 16.0 Å². The molecule has 6 nitrogen and oxygen atoms in total. The predicted molar refractivity (Wildman–Crippen MR) is 86.2 cm³/mol. The molecule has 0 aliphatic rings. The van der Waals surface area contributed by atoms with Crippen molar-refractivity contribution in [3.8, 4) is 5.88 Å². The molecule has 0 fully saturated rings. The molecule has 0 spiro atoms. The molecule has 0 bridgehead atoms. The lowest BCUT2D eigenvalue weighted by atomic mass is 10.2. The van der Waals surface area contributed by atoms with Crippen LogP contribution in [0.3, 0.4) is 0 Å². The summed E-state index contributed by atoms with van der Waals surface area (Å²) in [5.74, 6) is -1.63. The zero-order valence-corrected chi connectivity index (χ0v) is 14.1. The lowest BCUT2D eigenvalue weighted by molar-refractivity contribution is 0.0518. The van der Waals surface area contributed by atoms with Gasteiger partial charge in [-0.3, -0.25) is 0 Å². The lowest BCUT2D eigenvalue weighted by Crippen LogP contribution is -2.09. The lowest BCUT2D eigenvalue weighted by Gasteiger charge is -2.08. The van der Waals surface area contributed by atoms with Crippen molar-refractivity contribution in [3.63, 3.8) is 0 Å². The molecular formula is C17H18F2N2O4. The van der Waals surface area contributed by atoms with Crippen LogP contribution in [0, 0.1) is 11.6 Å². The summed E-state index contributed by atoms with van der Waals surface area (Å²) < 4.78 is 43.7. The molecule has 0 unspecified atom stereocenters.